The zero-order valence-electron chi connectivity index (χ0n) is 16.2. The van der Waals surface area contributed by atoms with E-state index < -0.39 is 0 Å². The van der Waals surface area contributed by atoms with E-state index in [0.29, 0.717) is 0 Å². The standard InChI is InChI=1S/C24H19N3O2/c1-16-5-3-4-6-22(16)27-23(13-14-25-27)18-9-12-21-20(15-18)24(29-26-21)17-7-10-19(28-2)11-8-17/h3-15H,1-2H3. The summed E-state index contributed by atoms with van der Waals surface area (Å²) in [7, 11) is 1.66. The normalized spacial score (nSPS) is 11.1. The first-order valence-corrected chi connectivity index (χ1v) is 9.39. The predicted octanol–water partition coefficient (Wildman–Crippen LogP) is 5.66. The molecule has 0 atom stereocenters. The molecule has 2 heterocycles. The molecule has 0 saturated heterocycles. The summed E-state index contributed by atoms with van der Waals surface area (Å²) in [4.78, 5) is 0. The maximum Gasteiger partial charge on any atom is 0.174 e. The van der Waals surface area contributed by atoms with E-state index in [9.17, 15) is 0 Å². The lowest BCUT2D eigenvalue weighted by Crippen LogP contribution is -2.00. The van der Waals surface area contributed by atoms with E-state index in [-0.39, 0.29) is 0 Å². The van der Waals surface area contributed by atoms with Gasteiger partial charge in [0.25, 0.3) is 0 Å². The monoisotopic (exact) mass is 381 g/mol. The summed E-state index contributed by atoms with van der Waals surface area (Å²) in [6.07, 6.45) is 1.82. The first-order valence-electron chi connectivity index (χ1n) is 9.39. The molecule has 0 fully saturated rings. The zero-order valence-corrected chi connectivity index (χ0v) is 16.2. The molecule has 0 amide bonds. The van der Waals surface area contributed by atoms with E-state index in [1.807, 2.05) is 59.4 Å². The Labute approximate surface area is 168 Å². The van der Waals surface area contributed by atoms with Crippen LogP contribution in [0.15, 0.2) is 83.5 Å². The van der Waals surface area contributed by atoms with Crippen LogP contribution in [0, 0.1) is 6.92 Å². The number of para-hydroxylation sites is 1. The molecule has 0 aliphatic heterocycles. The van der Waals surface area contributed by atoms with E-state index in [4.69, 9.17) is 9.26 Å². The van der Waals surface area contributed by atoms with Crippen molar-refractivity contribution in [2.24, 2.45) is 0 Å². The van der Waals surface area contributed by atoms with E-state index in [1.54, 1.807) is 7.11 Å². The Hall–Kier alpha value is -3.86. The van der Waals surface area contributed by atoms with Gasteiger partial charge in [-0.3, -0.25) is 0 Å². The van der Waals surface area contributed by atoms with Gasteiger partial charge in [0, 0.05) is 11.1 Å². The lowest BCUT2D eigenvalue weighted by atomic mass is 10.0. The highest BCUT2D eigenvalue weighted by Crippen LogP contribution is 2.33. The number of ether oxygens (including phenoxy) is 1. The number of aromatic nitrogens is 3. The molecular formula is C24H19N3O2. The smallest absolute Gasteiger partial charge is 0.174 e. The highest BCUT2D eigenvalue weighted by Gasteiger charge is 2.15. The maximum absolute atomic E-state index is 5.67. The van der Waals surface area contributed by atoms with Crippen LogP contribution in [-0.2, 0) is 0 Å². The Morgan fingerprint density at radius 3 is 2.48 bits per heavy atom. The molecule has 0 radical (unpaired) electrons. The van der Waals surface area contributed by atoms with Gasteiger partial charge in [-0.1, -0.05) is 29.4 Å². The second-order valence-electron chi connectivity index (χ2n) is 6.89. The summed E-state index contributed by atoms with van der Waals surface area (Å²) >= 11 is 0. The number of rotatable bonds is 4. The third-order valence-corrected chi connectivity index (χ3v) is 5.11. The van der Waals surface area contributed by atoms with E-state index >= 15 is 0 Å². The molecule has 0 bridgehead atoms. The van der Waals surface area contributed by atoms with Crippen LogP contribution in [0.1, 0.15) is 5.56 Å². The zero-order chi connectivity index (χ0) is 19.8. The van der Waals surface area contributed by atoms with Gasteiger partial charge in [-0.05, 0) is 61.0 Å². The summed E-state index contributed by atoms with van der Waals surface area (Å²) < 4.78 is 12.9. The molecule has 0 aliphatic carbocycles. The van der Waals surface area contributed by atoms with Gasteiger partial charge in [0.05, 0.1) is 30.1 Å². The van der Waals surface area contributed by atoms with Gasteiger partial charge in [0.15, 0.2) is 5.76 Å². The largest absolute Gasteiger partial charge is 0.497 e. The van der Waals surface area contributed by atoms with Gasteiger partial charge in [0.1, 0.15) is 11.3 Å². The molecule has 2 aromatic heterocycles. The van der Waals surface area contributed by atoms with Gasteiger partial charge < -0.3 is 9.26 Å². The lowest BCUT2D eigenvalue weighted by Gasteiger charge is -2.10. The van der Waals surface area contributed by atoms with Crippen molar-refractivity contribution in [1.29, 1.82) is 0 Å². The fourth-order valence-electron chi connectivity index (χ4n) is 3.57. The third kappa shape index (κ3) is 2.97. The molecule has 5 aromatic rings. The predicted molar refractivity (Wildman–Crippen MR) is 113 cm³/mol. The van der Waals surface area contributed by atoms with E-state index in [2.05, 4.69) is 41.4 Å². The molecule has 0 N–H and O–H groups in total. The third-order valence-electron chi connectivity index (χ3n) is 5.11. The molecule has 0 aliphatic rings. The molecule has 0 spiro atoms. The molecule has 5 rings (SSSR count). The van der Waals surface area contributed by atoms with Crippen LogP contribution in [0.4, 0.5) is 0 Å². The second-order valence-corrected chi connectivity index (χ2v) is 6.89. The molecule has 0 saturated carbocycles. The average Bonchev–Trinajstić information content (AvgIpc) is 3.41. The first kappa shape index (κ1) is 17.3. The number of benzene rings is 3. The Morgan fingerprint density at radius 2 is 1.69 bits per heavy atom. The summed E-state index contributed by atoms with van der Waals surface area (Å²) in [5.41, 5.74) is 6.08. The molecular weight excluding hydrogens is 362 g/mol. The number of nitrogens with zero attached hydrogens (tertiary/aromatic N) is 3. The van der Waals surface area contributed by atoms with Crippen molar-refractivity contribution >= 4 is 10.9 Å². The Bertz CT molecular complexity index is 1300. The Balaban J connectivity index is 1.63. The first-order chi connectivity index (χ1) is 14.2. The fourth-order valence-corrected chi connectivity index (χ4v) is 3.57. The van der Waals surface area contributed by atoms with Crippen molar-refractivity contribution in [3.63, 3.8) is 0 Å². The average molecular weight is 381 g/mol. The Kier molecular flexibility index (Phi) is 4.13. The van der Waals surface area contributed by atoms with Gasteiger partial charge in [-0.15, -0.1) is 0 Å². The van der Waals surface area contributed by atoms with Crippen LogP contribution in [0.25, 0.3) is 39.2 Å². The van der Waals surface area contributed by atoms with Crippen molar-refractivity contribution in [2.45, 2.75) is 6.92 Å². The summed E-state index contributed by atoms with van der Waals surface area (Å²) in [5.74, 6) is 1.55. The summed E-state index contributed by atoms with van der Waals surface area (Å²) in [6.45, 7) is 2.09. The van der Waals surface area contributed by atoms with Gasteiger partial charge in [-0.25, -0.2) is 4.68 Å². The fraction of sp³-hybridized carbons (Fsp3) is 0.0833. The van der Waals surface area contributed by atoms with Crippen LogP contribution in [-0.4, -0.2) is 22.0 Å². The van der Waals surface area contributed by atoms with E-state index in [0.717, 1.165) is 44.9 Å². The van der Waals surface area contributed by atoms with Crippen molar-refractivity contribution in [1.82, 2.24) is 14.9 Å². The van der Waals surface area contributed by atoms with Crippen molar-refractivity contribution < 1.29 is 9.26 Å². The molecule has 29 heavy (non-hydrogen) atoms. The number of aryl methyl sites for hydroxylation is 1. The minimum absolute atomic E-state index is 0.742. The van der Waals surface area contributed by atoms with Crippen LogP contribution >= 0.6 is 0 Å². The summed E-state index contributed by atoms with van der Waals surface area (Å²) in [5, 5.41) is 9.74. The lowest BCUT2D eigenvalue weighted by molar-refractivity contribution is 0.414. The van der Waals surface area contributed by atoms with Crippen molar-refractivity contribution in [3.05, 3.63) is 84.6 Å². The van der Waals surface area contributed by atoms with Gasteiger partial charge >= 0.3 is 0 Å². The maximum atomic E-state index is 5.67. The highest BCUT2D eigenvalue weighted by molar-refractivity contribution is 5.94. The number of methoxy groups -OCH3 is 1. The number of hydrogen-bond acceptors (Lipinski definition) is 4. The molecule has 5 heteroatoms. The van der Waals surface area contributed by atoms with Crippen LogP contribution in [0.3, 0.4) is 0 Å². The summed E-state index contributed by atoms with van der Waals surface area (Å²) in [6, 6.07) is 24.2. The van der Waals surface area contributed by atoms with Gasteiger partial charge in [-0.2, -0.15) is 5.10 Å². The van der Waals surface area contributed by atoms with Crippen LogP contribution in [0.5, 0.6) is 5.75 Å². The number of hydrogen-bond donors (Lipinski definition) is 0. The Morgan fingerprint density at radius 1 is 0.897 bits per heavy atom. The molecule has 0 unspecified atom stereocenters. The topological polar surface area (TPSA) is 53.1 Å². The minimum atomic E-state index is 0.742. The van der Waals surface area contributed by atoms with Crippen molar-refractivity contribution in [3.8, 4) is 34.0 Å². The second kappa shape index (κ2) is 6.95. The van der Waals surface area contributed by atoms with Crippen molar-refractivity contribution in [2.75, 3.05) is 7.11 Å². The highest BCUT2D eigenvalue weighted by atomic mass is 16.5. The van der Waals surface area contributed by atoms with Gasteiger partial charge in [0.2, 0.25) is 0 Å². The molecule has 142 valence electrons. The van der Waals surface area contributed by atoms with Crippen LogP contribution < -0.4 is 4.74 Å². The number of fused-ring (bicyclic) bond motifs is 1. The quantitative estimate of drug-likeness (QED) is 0.403. The minimum Gasteiger partial charge on any atom is -0.497 e. The SMILES string of the molecule is COc1ccc(-c2onc3ccc(-c4ccnn4-c4ccccc4C)cc23)cc1. The molecule has 3 aromatic carbocycles. The molecule has 5 nitrogen and oxygen atoms in total. The van der Waals surface area contributed by atoms with E-state index in [1.165, 1.54) is 5.56 Å². The van der Waals surface area contributed by atoms with Crippen LogP contribution in [0.2, 0.25) is 0 Å².